The van der Waals surface area contributed by atoms with Crippen molar-refractivity contribution in [2.24, 2.45) is 17.8 Å². The zero-order valence-corrected chi connectivity index (χ0v) is 12.8. The van der Waals surface area contributed by atoms with Gasteiger partial charge in [-0.15, -0.1) is 0 Å². The van der Waals surface area contributed by atoms with Crippen LogP contribution in [0.2, 0.25) is 0 Å². The minimum Gasteiger partial charge on any atom is -0.350 e. The van der Waals surface area contributed by atoms with Gasteiger partial charge in [-0.2, -0.15) is 8.42 Å². The summed E-state index contributed by atoms with van der Waals surface area (Å²) >= 11 is 0. The second kappa shape index (κ2) is 6.02. The summed E-state index contributed by atoms with van der Waals surface area (Å²) in [7, 11) is -4.11. The molecule has 0 bridgehead atoms. The highest BCUT2D eigenvalue weighted by Gasteiger charge is 2.32. The summed E-state index contributed by atoms with van der Waals surface area (Å²) in [4.78, 5) is 12.1. The molecule has 5 nitrogen and oxygen atoms in total. The molecular weight excluding hydrogens is 254 g/mol. The molecule has 0 radical (unpaired) electrons. The van der Waals surface area contributed by atoms with Crippen molar-refractivity contribution in [3.63, 3.8) is 0 Å². The Bertz CT molecular complexity index is 377. The molecule has 1 amide bonds. The minimum atomic E-state index is -4.11. The summed E-state index contributed by atoms with van der Waals surface area (Å²) in [6, 6.07) is 0. The number of hydrogen-bond donors (Lipinski definition) is 2. The lowest BCUT2D eigenvalue weighted by molar-refractivity contribution is -0.129. The van der Waals surface area contributed by atoms with Crippen LogP contribution in [0, 0.1) is 17.8 Å². The molecule has 0 aromatic carbocycles. The van der Waals surface area contributed by atoms with Gasteiger partial charge in [-0.3, -0.25) is 9.35 Å². The highest BCUT2D eigenvalue weighted by atomic mass is 32.2. The van der Waals surface area contributed by atoms with Gasteiger partial charge in [0, 0.05) is 5.92 Å². The fraction of sp³-hybridized carbons (Fsp3) is 0.917. The van der Waals surface area contributed by atoms with Gasteiger partial charge >= 0.3 is 0 Å². The van der Waals surface area contributed by atoms with Gasteiger partial charge in [-0.05, 0) is 25.7 Å². The Morgan fingerprint density at radius 3 is 1.83 bits per heavy atom. The van der Waals surface area contributed by atoms with E-state index in [0.29, 0.717) is 0 Å². The van der Waals surface area contributed by atoms with Crippen molar-refractivity contribution in [3.8, 4) is 0 Å². The van der Waals surface area contributed by atoms with Crippen LogP contribution in [-0.2, 0) is 14.9 Å². The SMILES string of the molecule is CC(C)C(C(=O)NC(C)(C)CS(=O)(=O)O)C(C)C. The zero-order valence-electron chi connectivity index (χ0n) is 12.0. The van der Waals surface area contributed by atoms with E-state index >= 15 is 0 Å². The topological polar surface area (TPSA) is 83.5 Å². The number of rotatable bonds is 6. The quantitative estimate of drug-likeness (QED) is 0.725. The van der Waals surface area contributed by atoms with Crippen LogP contribution in [0.4, 0.5) is 0 Å². The van der Waals surface area contributed by atoms with Crippen LogP contribution in [0.1, 0.15) is 41.5 Å². The van der Waals surface area contributed by atoms with Crippen LogP contribution < -0.4 is 5.32 Å². The number of nitrogens with one attached hydrogen (secondary N) is 1. The summed E-state index contributed by atoms with van der Waals surface area (Å²) in [5.41, 5.74) is -0.979. The lowest BCUT2D eigenvalue weighted by Gasteiger charge is -2.30. The Morgan fingerprint density at radius 1 is 1.17 bits per heavy atom. The molecule has 18 heavy (non-hydrogen) atoms. The van der Waals surface area contributed by atoms with Crippen molar-refractivity contribution in [1.82, 2.24) is 5.32 Å². The average molecular weight is 279 g/mol. The first-order valence-corrected chi connectivity index (χ1v) is 7.74. The maximum atomic E-state index is 12.1. The van der Waals surface area contributed by atoms with Gasteiger partial charge in [0.25, 0.3) is 10.1 Å². The number of hydrogen-bond acceptors (Lipinski definition) is 3. The Kier molecular flexibility index (Phi) is 5.81. The molecule has 0 aromatic heterocycles. The Labute approximate surface area is 110 Å². The van der Waals surface area contributed by atoms with E-state index in [0.717, 1.165) is 0 Å². The van der Waals surface area contributed by atoms with Crippen molar-refractivity contribution in [3.05, 3.63) is 0 Å². The molecule has 0 unspecified atom stereocenters. The highest BCUT2D eigenvalue weighted by molar-refractivity contribution is 7.85. The van der Waals surface area contributed by atoms with E-state index in [4.69, 9.17) is 4.55 Å². The van der Waals surface area contributed by atoms with Crippen LogP contribution in [0.25, 0.3) is 0 Å². The predicted octanol–water partition coefficient (Wildman–Crippen LogP) is 1.70. The molecule has 0 aliphatic rings. The maximum Gasteiger partial charge on any atom is 0.267 e. The third-order valence-corrected chi connectivity index (χ3v) is 3.83. The first kappa shape index (κ1) is 17.4. The van der Waals surface area contributed by atoms with E-state index in [9.17, 15) is 13.2 Å². The normalized spacial score (nSPS) is 13.4. The predicted molar refractivity (Wildman–Crippen MR) is 71.8 cm³/mol. The van der Waals surface area contributed by atoms with E-state index in [1.54, 1.807) is 13.8 Å². The smallest absolute Gasteiger partial charge is 0.267 e. The lowest BCUT2D eigenvalue weighted by atomic mass is 9.84. The third-order valence-electron chi connectivity index (χ3n) is 2.74. The van der Waals surface area contributed by atoms with Crippen molar-refractivity contribution >= 4 is 16.0 Å². The summed E-state index contributed by atoms with van der Waals surface area (Å²) in [6.07, 6.45) is 0. The van der Waals surface area contributed by atoms with Gasteiger partial charge in [0.2, 0.25) is 5.91 Å². The van der Waals surface area contributed by atoms with Crippen LogP contribution in [-0.4, -0.2) is 30.2 Å². The minimum absolute atomic E-state index is 0.173. The highest BCUT2D eigenvalue weighted by Crippen LogP contribution is 2.21. The largest absolute Gasteiger partial charge is 0.350 e. The number of carbonyl (C=O) groups excluding carboxylic acids is 1. The summed E-state index contributed by atoms with van der Waals surface area (Å²) in [5.74, 6) is -0.494. The van der Waals surface area contributed by atoms with Gasteiger partial charge < -0.3 is 5.32 Å². The molecule has 0 atom stereocenters. The van der Waals surface area contributed by atoms with Crippen LogP contribution >= 0.6 is 0 Å². The fourth-order valence-corrected chi connectivity index (χ4v) is 3.27. The lowest BCUT2D eigenvalue weighted by Crippen LogP contribution is -2.51. The molecule has 0 aliphatic heterocycles. The Balaban J connectivity index is 4.83. The van der Waals surface area contributed by atoms with E-state index in [1.165, 1.54) is 0 Å². The second-order valence-corrected chi connectivity index (χ2v) is 7.57. The summed E-state index contributed by atoms with van der Waals surface area (Å²) in [5, 5.41) is 2.70. The van der Waals surface area contributed by atoms with Gasteiger partial charge in [-0.25, -0.2) is 0 Å². The standard InChI is InChI=1S/C12H25NO4S/c1-8(2)10(9(3)4)11(14)13-12(5,6)7-18(15,16)17/h8-10H,7H2,1-6H3,(H,13,14)(H,15,16,17). The van der Waals surface area contributed by atoms with Crippen molar-refractivity contribution in [1.29, 1.82) is 0 Å². The van der Waals surface area contributed by atoms with E-state index in [2.05, 4.69) is 5.32 Å². The van der Waals surface area contributed by atoms with Crippen molar-refractivity contribution in [2.75, 3.05) is 5.75 Å². The third kappa shape index (κ3) is 6.35. The number of amides is 1. The first-order chi connectivity index (χ1) is 7.86. The molecule has 0 saturated carbocycles. The van der Waals surface area contributed by atoms with Gasteiger partial charge in [-0.1, -0.05) is 27.7 Å². The van der Waals surface area contributed by atoms with E-state index in [1.807, 2.05) is 27.7 Å². The second-order valence-electron chi connectivity index (χ2n) is 6.11. The monoisotopic (exact) mass is 279 g/mol. The van der Waals surface area contributed by atoms with Gasteiger partial charge in [0.15, 0.2) is 0 Å². The molecule has 108 valence electrons. The number of carbonyl (C=O) groups is 1. The fourth-order valence-electron chi connectivity index (χ4n) is 2.28. The molecule has 0 fully saturated rings. The van der Waals surface area contributed by atoms with Crippen molar-refractivity contribution in [2.45, 2.75) is 47.1 Å². The van der Waals surface area contributed by atoms with Crippen molar-refractivity contribution < 1.29 is 17.8 Å². The molecular formula is C12H25NO4S. The molecule has 2 N–H and O–H groups in total. The maximum absolute atomic E-state index is 12.1. The van der Waals surface area contributed by atoms with Crippen LogP contribution in [0.5, 0.6) is 0 Å². The van der Waals surface area contributed by atoms with Crippen LogP contribution in [0.15, 0.2) is 0 Å². The molecule has 0 aromatic rings. The first-order valence-electron chi connectivity index (χ1n) is 6.13. The van der Waals surface area contributed by atoms with E-state index in [-0.39, 0.29) is 23.7 Å². The molecule has 0 heterocycles. The summed E-state index contributed by atoms with van der Waals surface area (Å²) < 4.78 is 30.6. The molecule has 0 saturated heterocycles. The zero-order chi connectivity index (χ0) is 14.7. The molecule has 6 heteroatoms. The molecule has 0 spiro atoms. The Hall–Kier alpha value is -0.620. The molecule has 0 aliphatic carbocycles. The van der Waals surface area contributed by atoms with Crippen LogP contribution in [0.3, 0.4) is 0 Å². The van der Waals surface area contributed by atoms with Gasteiger partial charge in [0.05, 0.1) is 11.3 Å². The molecule has 0 rings (SSSR count). The van der Waals surface area contributed by atoms with Gasteiger partial charge in [0.1, 0.15) is 0 Å². The average Bonchev–Trinajstić information content (AvgIpc) is 1.93. The van der Waals surface area contributed by atoms with E-state index < -0.39 is 21.4 Å². The summed E-state index contributed by atoms with van der Waals surface area (Å²) in [6.45, 7) is 11.0. The Morgan fingerprint density at radius 2 is 1.56 bits per heavy atom.